The zero-order valence-electron chi connectivity index (χ0n) is 47.6. The van der Waals surface area contributed by atoms with Crippen LogP contribution in [0.1, 0.15) is 111 Å². The fraction of sp³-hybridized carbons (Fsp3) is 0.387. The van der Waals surface area contributed by atoms with Crippen LogP contribution >= 0.6 is 23.2 Å². The molecule has 6 aromatic rings. The van der Waals surface area contributed by atoms with Crippen LogP contribution in [0.4, 0.5) is 0 Å². The van der Waals surface area contributed by atoms with Gasteiger partial charge >= 0.3 is 11.9 Å². The highest BCUT2D eigenvalue weighted by Crippen LogP contribution is 2.38. The number of carboxylic acids is 2. The molecular weight excluding hydrogens is 1060 g/mol. The molecule has 0 unspecified atom stereocenters. The van der Waals surface area contributed by atoms with Crippen LogP contribution in [0.15, 0.2) is 108 Å². The molecule has 0 saturated heterocycles. The third kappa shape index (κ3) is 18.0. The van der Waals surface area contributed by atoms with E-state index in [4.69, 9.17) is 51.6 Å². The van der Waals surface area contributed by atoms with Crippen LogP contribution in [0.5, 0.6) is 23.0 Å². The van der Waals surface area contributed by atoms with Crippen molar-refractivity contribution in [1.29, 1.82) is 0 Å². The molecule has 2 heterocycles. The second-order valence-electron chi connectivity index (χ2n) is 21.4. The van der Waals surface area contributed by atoms with Gasteiger partial charge in [-0.05, 0) is 127 Å². The lowest BCUT2D eigenvalue weighted by molar-refractivity contribution is -0.148. The summed E-state index contributed by atoms with van der Waals surface area (Å²) < 4.78 is 37.8. The van der Waals surface area contributed by atoms with Gasteiger partial charge < -0.3 is 38.6 Å². The molecule has 0 amide bonds. The lowest BCUT2D eigenvalue weighted by atomic mass is 9.92. The van der Waals surface area contributed by atoms with Crippen molar-refractivity contribution in [2.75, 3.05) is 14.1 Å². The number of aliphatic imine (C=N–C) groups is 2. The first kappa shape index (κ1) is 62.3. The minimum Gasteiger partial charge on any atom is -0.488 e. The van der Waals surface area contributed by atoms with Crippen molar-refractivity contribution in [2.24, 2.45) is 9.98 Å². The molecule has 4 aromatic carbocycles. The van der Waals surface area contributed by atoms with Crippen molar-refractivity contribution in [3.63, 3.8) is 0 Å². The molecule has 0 aliphatic heterocycles. The Kier molecular flexibility index (Phi) is 22.2. The molecule has 0 spiro atoms. The van der Waals surface area contributed by atoms with Crippen molar-refractivity contribution < 1.29 is 48.2 Å². The predicted octanol–water partition coefficient (Wildman–Crippen LogP) is 12.0. The van der Waals surface area contributed by atoms with E-state index in [1.54, 1.807) is 89.4 Å². The standard InChI is InChI=1S/C62H74Cl2N6O10/c1-37-45(35-77-55-23-53(75-33-43-19-41(25-65-11)27-67-29-43)47(21-51(55)63)31-69-57(59(71)72)39(3)79-61(5,6)7)15-13-17-49(37)50-18-14-16-46(38(50)2)36-78-56-24-54(76-34-44-20-42(26-66-12)28-68-30-44)48(22-52(56)64)32-70-58(60(73)74)40(4)80-62(8,9)10/h13-30,39-40,57-58,69-70H,31-36H2,1-12H3,(H,71,72)(H,73,74)/b65-25+,66-26+/t39-,40-,57+,58+/m1/s1. The Hall–Kier alpha value is -6.92. The number of aliphatic carboxylic acids is 2. The average Bonchev–Trinajstić information content (AvgIpc) is 3.40. The van der Waals surface area contributed by atoms with Crippen molar-refractivity contribution in [3.05, 3.63) is 163 Å². The van der Waals surface area contributed by atoms with E-state index >= 15 is 0 Å². The van der Waals surface area contributed by atoms with E-state index < -0.39 is 47.4 Å². The Morgan fingerprint density at radius 3 is 1.29 bits per heavy atom. The second-order valence-corrected chi connectivity index (χ2v) is 22.2. The fourth-order valence-electron chi connectivity index (χ4n) is 9.03. The number of pyridine rings is 2. The summed E-state index contributed by atoms with van der Waals surface area (Å²) in [5.74, 6) is -0.456. The summed E-state index contributed by atoms with van der Waals surface area (Å²) in [4.78, 5) is 41.8. The zero-order chi connectivity index (χ0) is 58.3. The molecule has 0 saturated carbocycles. The van der Waals surface area contributed by atoms with E-state index in [9.17, 15) is 19.8 Å². The molecular formula is C62H74Cl2N6O10. The highest BCUT2D eigenvalue weighted by molar-refractivity contribution is 6.32. The molecule has 0 aliphatic carbocycles. The van der Waals surface area contributed by atoms with Crippen LogP contribution in [0.25, 0.3) is 11.1 Å². The average molecular weight is 1130 g/mol. The number of halogens is 2. The highest BCUT2D eigenvalue weighted by Gasteiger charge is 2.31. The molecule has 6 rings (SSSR count). The Labute approximate surface area is 479 Å². The van der Waals surface area contributed by atoms with Crippen molar-refractivity contribution >= 4 is 47.6 Å². The van der Waals surface area contributed by atoms with E-state index in [0.717, 1.165) is 55.6 Å². The van der Waals surface area contributed by atoms with Gasteiger partial charge in [0.25, 0.3) is 0 Å². The van der Waals surface area contributed by atoms with E-state index in [1.165, 1.54) is 0 Å². The topological polar surface area (TPSA) is 205 Å². The largest absolute Gasteiger partial charge is 0.488 e. The predicted molar refractivity (Wildman–Crippen MR) is 314 cm³/mol. The first-order chi connectivity index (χ1) is 37.9. The summed E-state index contributed by atoms with van der Waals surface area (Å²) in [6.07, 6.45) is 8.95. The van der Waals surface area contributed by atoms with Crippen LogP contribution in [0.3, 0.4) is 0 Å². The number of benzene rings is 4. The maximum absolute atomic E-state index is 12.4. The van der Waals surface area contributed by atoms with Crippen LogP contribution in [-0.2, 0) is 58.6 Å². The smallest absolute Gasteiger partial charge is 0.323 e. The van der Waals surface area contributed by atoms with Gasteiger partial charge in [0.1, 0.15) is 61.5 Å². The molecule has 0 bridgehead atoms. The minimum atomic E-state index is -1.05. The minimum absolute atomic E-state index is 0.107. The lowest BCUT2D eigenvalue weighted by Crippen LogP contribution is -2.47. The Morgan fingerprint density at radius 2 is 0.938 bits per heavy atom. The molecule has 0 fully saturated rings. The maximum atomic E-state index is 12.4. The van der Waals surface area contributed by atoms with Crippen LogP contribution in [-0.4, -0.2) is 94.1 Å². The van der Waals surface area contributed by atoms with Crippen LogP contribution < -0.4 is 29.6 Å². The SMILES string of the molecule is C/N=C/c1cncc(COc2cc(OCc3cccc(-c4cccc(COc5cc(OCc6cncc(/C=N/C)c6)c(CN[C@H](C(=O)O)[C@@H](C)OC(C)(C)C)cc5Cl)c4C)c3C)c(Cl)cc2CN[C@H](C(=O)O)[C@@H](C)OC(C)(C)C)c1. The molecule has 18 heteroatoms. The van der Waals surface area contributed by atoms with Crippen molar-refractivity contribution in [1.82, 2.24) is 20.6 Å². The van der Waals surface area contributed by atoms with Gasteiger partial charge in [0, 0.05) is 110 Å². The molecule has 4 N–H and O–H groups in total. The van der Waals surface area contributed by atoms with Gasteiger partial charge in [-0.2, -0.15) is 0 Å². The molecule has 426 valence electrons. The Balaban J connectivity index is 1.23. The van der Waals surface area contributed by atoms with E-state index in [0.29, 0.717) is 44.2 Å². The number of rotatable bonds is 27. The summed E-state index contributed by atoms with van der Waals surface area (Å²) in [5, 5.41) is 27.3. The van der Waals surface area contributed by atoms with E-state index in [2.05, 4.69) is 56.6 Å². The first-order valence-corrected chi connectivity index (χ1v) is 27.0. The molecule has 16 nitrogen and oxygen atoms in total. The third-order valence-electron chi connectivity index (χ3n) is 12.7. The molecule has 2 aromatic heterocycles. The molecule has 0 radical (unpaired) electrons. The summed E-state index contributed by atoms with van der Waals surface area (Å²) in [5.41, 5.74) is 9.21. The van der Waals surface area contributed by atoms with Crippen molar-refractivity contribution in [3.8, 4) is 34.1 Å². The van der Waals surface area contributed by atoms with Gasteiger partial charge in [0.2, 0.25) is 0 Å². The van der Waals surface area contributed by atoms with Crippen LogP contribution in [0, 0.1) is 13.8 Å². The number of carboxylic acid groups (broad SMARTS) is 2. The zero-order valence-corrected chi connectivity index (χ0v) is 49.2. The van der Waals surface area contributed by atoms with Gasteiger partial charge in [-0.3, -0.25) is 40.2 Å². The first-order valence-electron chi connectivity index (χ1n) is 26.3. The number of nitrogens with zero attached hydrogens (tertiary/aromatic N) is 4. The number of hydrogen-bond acceptors (Lipinski definition) is 14. The van der Waals surface area contributed by atoms with E-state index in [1.807, 2.05) is 77.9 Å². The summed E-state index contributed by atoms with van der Waals surface area (Å²) >= 11 is 13.9. The molecule has 4 atom stereocenters. The fourth-order valence-corrected chi connectivity index (χ4v) is 9.51. The summed E-state index contributed by atoms with van der Waals surface area (Å²) in [6.45, 7) is 19.7. The third-order valence-corrected chi connectivity index (χ3v) is 13.3. The Bertz CT molecular complexity index is 2950. The number of carbonyl (C=O) groups is 2. The number of hydrogen-bond donors (Lipinski definition) is 4. The van der Waals surface area contributed by atoms with Gasteiger partial charge in [0.05, 0.1) is 33.5 Å². The van der Waals surface area contributed by atoms with Gasteiger partial charge in [-0.25, -0.2) is 0 Å². The normalized spacial score (nSPS) is 13.5. The summed E-state index contributed by atoms with van der Waals surface area (Å²) in [7, 11) is 3.38. The molecule has 0 aliphatic rings. The van der Waals surface area contributed by atoms with Crippen LogP contribution in [0.2, 0.25) is 10.0 Å². The highest BCUT2D eigenvalue weighted by atomic mass is 35.5. The number of aromatic nitrogens is 2. The monoisotopic (exact) mass is 1130 g/mol. The summed E-state index contributed by atoms with van der Waals surface area (Å²) in [6, 6.07) is 20.8. The number of nitrogens with one attached hydrogen (secondary N) is 2. The quantitative estimate of drug-likeness (QED) is 0.0354. The van der Waals surface area contributed by atoms with Gasteiger partial charge in [0.15, 0.2) is 0 Å². The second kappa shape index (κ2) is 28.5. The lowest BCUT2D eigenvalue weighted by Gasteiger charge is -2.29. The number of ether oxygens (including phenoxy) is 6. The maximum Gasteiger partial charge on any atom is 0.323 e. The van der Waals surface area contributed by atoms with E-state index in [-0.39, 0.29) is 39.5 Å². The molecule has 80 heavy (non-hydrogen) atoms. The van der Waals surface area contributed by atoms with Gasteiger partial charge in [-0.15, -0.1) is 0 Å². The van der Waals surface area contributed by atoms with Gasteiger partial charge in [-0.1, -0.05) is 59.6 Å². The Morgan fingerprint density at radius 1 is 0.562 bits per heavy atom. The van der Waals surface area contributed by atoms with Crippen molar-refractivity contribution in [2.45, 2.75) is 144 Å².